The van der Waals surface area contributed by atoms with E-state index in [0.29, 0.717) is 13.1 Å². The molecule has 1 heterocycles. The van der Waals surface area contributed by atoms with Crippen LogP contribution in [0.3, 0.4) is 0 Å². The standard InChI is InChI=1S/C12H16N2O2/c1-10(16)14-7-6-13(8-9-15)11-4-2-3-5-12(11)14/h2-5,15H,6-9H2,1H3. The first-order valence-corrected chi connectivity index (χ1v) is 5.47. The highest BCUT2D eigenvalue weighted by atomic mass is 16.3. The molecule has 2 rings (SSSR count). The molecule has 4 nitrogen and oxygen atoms in total. The van der Waals surface area contributed by atoms with Gasteiger partial charge in [-0.25, -0.2) is 0 Å². The molecule has 0 saturated heterocycles. The zero-order valence-electron chi connectivity index (χ0n) is 9.39. The van der Waals surface area contributed by atoms with Crippen molar-refractivity contribution in [2.75, 3.05) is 36.0 Å². The number of carbonyl (C=O) groups excluding carboxylic acids is 1. The van der Waals surface area contributed by atoms with Crippen LogP contribution in [0.5, 0.6) is 0 Å². The Morgan fingerprint density at radius 1 is 1.31 bits per heavy atom. The van der Waals surface area contributed by atoms with E-state index in [2.05, 4.69) is 4.90 Å². The number of para-hydroxylation sites is 2. The zero-order valence-corrected chi connectivity index (χ0v) is 9.39. The predicted octanol–water partition coefficient (Wildman–Crippen LogP) is 0.852. The lowest BCUT2D eigenvalue weighted by atomic mass is 10.1. The van der Waals surface area contributed by atoms with Gasteiger partial charge in [-0.3, -0.25) is 4.79 Å². The molecule has 0 saturated carbocycles. The molecule has 1 aromatic carbocycles. The molecule has 16 heavy (non-hydrogen) atoms. The number of hydrogen-bond donors (Lipinski definition) is 1. The molecule has 1 aliphatic rings. The summed E-state index contributed by atoms with van der Waals surface area (Å²) in [7, 11) is 0. The Kier molecular flexibility index (Phi) is 3.10. The minimum Gasteiger partial charge on any atom is -0.395 e. The lowest BCUT2D eigenvalue weighted by Crippen LogP contribution is -2.44. The van der Waals surface area contributed by atoms with Gasteiger partial charge >= 0.3 is 0 Å². The van der Waals surface area contributed by atoms with Crippen molar-refractivity contribution < 1.29 is 9.90 Å². The predicted molar refractivity (Wildman–Crippen MR) is 63.8 cm³/mol. The summed E-state index contributed by atoms with van der Waals surface area (Å²) in [5, 5.41) is 9.00. The third kappa shape index (κ3) is 1.88. The average molecular weight is 220 g/mol. The smallest absolute Gasteiger partial charge is 0.223 e. The fraction of sp³-hybridized carbons (Fsp3) is 0.417. The lowest BCUT2D eigenvalue weighted by molar-refractivity contribution is -0.116. The molecule has 0 spiro atoms. The second-order valence-corrected chi connectivity index (χ2v) is 3.87. The van der Waals surface area contributed by atoms with E-state index in [4.69, 9.17) is 5.11 Å². The summed E-state index contributed by atoms with van der Waals surface area (Å²) in [6.07, 6.45) is 0. The van der Waals surface area contributed by atoms with Gasteiger partial charge in [0.1, 0.15) is 0 Å². The third-order valence-electron chi connectivity index (χ3n) is 2.86. The van der Waals surface area contributed by atoms with E-state index in [0.717, 1.165) is 17.9 Å². The van der Waals surface area contributed by atoms with Crippen LogP contribution >= 0.6 is 0 Å². The molecular weight excluding hydrogens is 204 g/mol. The first-order chi connectivity index (χ1) is 7.74. The van der Waals surface area contributed by atoms with E-state index in [9.17, 15) is 4.79 Å². The monoisotopic (exact) mass is 220 g/mol. The molecule has 0 bridgehead atoms. The molecular formula is C12H16N2O2. The number of nitrogens with zero attached hydrogens (tertiary/aromatic N) is 2. The number of aliphatic hydroxyl groups is 1. The number of β-amino-alcohol motifs (C(OH)–C–C–N with tert-alkyl or cyclic N) is 1. The van der Waals surface area contributed by atoms with Gasteiger partial charge in [0.05, 0.1) is 18.0 Å². The minimum atomic E-state index is 0.0658. The number of benzene rings is 1. The maximum Gasteiger partial charge on any atom is 0.223 e. The molecule has 1 amide bonds. The fourth-order valence-corrected chi connectivity index (χ4v) is 2.10. The van der Waals surface area contributed by atoms with Crippen LogP contribution in [0.15, 0.2) is 24.3 Å². The summed E-state index contributed by atoms with van der Waals surface area (Å²) in [4.78, 5) is 15.4. The second-order valence-electron chi connectivity index (χ2n) is 3.87. The first-order valence-electron chi connectivity index (χ1n) is 5.47. The van der Waals surface area contributed by atoms with Gasteiger partial charge in [-0.1, -0.05) is 12.1 Å². The van der Waals surface area contributed by atoms with Crippen LogP contribution in [0.4, 0.5) is 11.4 Å². The van der Waals surface area contributed by atoms with E-state index < -0.39 is 0 Å². The Bertz CT molecular complexity index is 392. The van der Waals surface area contributed by atoms with E-state index in [1.54, 1.807) is 11.8 Å². The molecule has 0 fully saturated rings. The van der Waals surface area contributed by atoms with Gasteiger partial charge in [0, 0.05) is 26.6 Å². The highest BCUT2D eigenvalue weighted by Gasteiger charge is 2.23. The van der Waals surface area contributed by atoms with Crippen LogP contribution in [-0.4, -0.2) is 37.3 Å². The summed E-state index contributed by atoms with van der Waals surface area (Å²) < 4.78 is 0. The van der Waals surface area contributed by atoms with Crippen molar-refractivity contribution in [3.8, 4) is 0 Å². The molecule has 0 aliphatic carbocycles. The van der Waals surface area contributed by atoms with Crippen LogP contribution in [0.1, 0.15) is 6.92 Å². The van der Waals surface area contributed by atoms with Gasteiger partial charge in [0.2, 0.25) is 5.91 Å². The van der Waals surface area contributed by atoms with Gasteiger partial charge in [0.15, 0.2) is 0 Å². The Morgan fingerprint density at radius 3 is 2.62 bits per heavy atom. The molecule has 1 aliphatic heterocycles. The molecule has 0 atom stereocenters. The quantitative estimate of drug-likeness (QED) is 0.803. The average Bonchev–Trinajstić information content (AvgIpc) is 2.29. The van der Waals surface area contributed by atoms with Crippen LogP contribution in [0.25, 0.3) is 0 Å². The Balaban J connectivity index is 2.36. The highest BCUT2D eigenvalue weighted by Crippen LogP contribution is 2.32. The molecule has 0 radical (unpaired) electrons. The summed E-state index contributed by atoms with van der Waals surface area (Å²) in [6, 6.07) is 7.81. The van der Waals surface area contributed by atoms with Gasteiger partial charge in [-0.15, -0.1) is 0 Å². The summed E-state index contributed by atoms with van der Waals surface area (Å²) in [5.74, 6) is 0.0658. The summed E-state index contributed by atoms with van der Waals surface area (Å²) >= 11 is 0. The first kappa shape index (κ1) is 11.0. The van der Waals surface area contributed by atoms with E-state index in [1.165, 1.54) is 0 Å². The second kappa shape index (κ2) is 4.53. The zero-order chi connectivity index (χ0) is 11.5. The van der Waals surface area contributed by atoms with Crippen molar-refractivity contribution >= 4 is 17.3 Å². The highest BCUT2D eigenvalue weighted by molar-refractivity contribution is 5.96. The van der Waals surface area contributed by atoms with Gasteiger partial charge in [0.25, 0.3) is 0 Å². The van der Waals surface area contributed by atoms with Crippen molar-refractivity contribution in [2.45, 2.75) is 6.92 Å². The number of amides is 1. The fourth-order valence-electron chi connectivity index (χ4n) is 2.10. The number of hydrogen-bond acceptors (Lipinski definition) is 3. The number of anilines is 2. The van der Waals surface area contributed by atoms with Crippen molar-refractivity contribution in [1.82, 2.24) is 0 Å². The van der Waals surface area contributed by atoms with Crippen LogP contribution in [-0.2, 0) is 4.79 Å². The molecule has 1 N–H and O–H groups in total. The van der Waals surface area contributed by atoms with Crippen molar-refractivity contribution in [3.63, 3.8) is 0 Å². The molecule has 0 aromatic heterocycles. The molecule has 0 unspecified atom stereocenters. The van der Waals surface area contributed by atoms with Crippen LogP contribution in [0.2, 0.25) is 0 Å². The topological polar surface area (TPSA) is 43.8 Å². The molecule has 4 heteroatoms. The summed E-state index contributed by atoms with van der Waals surface area (Å²) in [5.41, 5.74) is 1.97. The Morgan fingerprint density at radius 2 is 2.00 bits per heavy atom. The molecule has 1 aromatic rings. The normalized spacial score (nSPS) is 14.9. The van der Waals surface area contributed by atoms with Crippen molar-refractivity contribution in [3.05, 3.63) is 24.3 Å². The molecule has 86 valence electrons. The Labute approximate surface area is 95.1 Å². The number of fused-ring (bicyclic) bond motifs is 1. The van der Waals surface area contributed by atoms with Crippen molar-refractivity contribution in [2.24, 2.45) is 0 Å². The maximum atomic E-state index is 11.5. The van der Waals surface area contributed by atoms with Gasteiger partial charge in [-0.05, 0) is 12.1 Å². The number of rotatable bonds is 2. The minimum absolute atomic E-state index is 0.0658. The Hall–Kier alpha value is -1.55. The van der Waals surface area contributed by atoms with Crippen LogP contribution < -0.4 is 9.80 Å². The van der Waals surface area contributed by atoms with Gasteiger partial charge in [-0.2, -0.15) is 0 Å². The maximum absolute atomic E-state index is 11.5. The van der Waals surface area contributed by atoms with E-state index in [-0.39, 0.29) is 12.5 Å². The van der Waals surface area contributed by atoms with Crippen molar-refractivity contribution in [1.29, 1.82) is 0 Å². The van der Waals surface area contributed by atoms with E-state index >= 15 is 0 Å². The third-order valence-corrected chi connectivity index (χ3v) is 2.86. The largest absolute Gasteiger partial charge is 0.395 e. The summed E-state index contributed by atoms with van der Waals surface area (Å²) in [6.45, 7) is 3.79. The number of carbonyl (C=O) groups is 1. The SMILES string of the molecule is CC(=O)N1CCN(CCO)c2ccccc21. The van der Waals surface area contributed by atoms with Crippen LogP contribution in [0, 0.1) is 0 Å². The lowest BCUT2D eigenvalue weighted by Gasteiger charge is -2.37. The van der Waals surface area contributed by atoms with E-state index in [1.807, 2.05) is 24.3 Å². The number of aliphatic hydroxyl groups excluding tert-OH is 1. The van der Waals surface area contributed by atoms with Gasteiger partial charge < -0.3 is 14.9 Å².